The van der Waals surface area contributed by atoms with Gasteiger partial charge in [0.05, 0.1) is 26.0 Å². The van der Waals surface area contributed by atoms with Crippen molar-refractivity contribution in [3.8, 4) is 17.2 Å². The van der Waals surface area contributed by atoms with Crippen LogP contribution in [0.4, 0.5) is 0 Å². The first-order valence-electron chi connectivity index (χ1n) is 6.48. The lowest BCUT2D eigenvalue weighted by Gasteiger charge is -2.08. The molecule has 1 amide bonds. The van der Waals surface area contributed by atoms with Crippen LogP contribution in [-0.4, -0.2) is 31.4 Å². The summed E-state index contributed by atoms with van der Waals surface area (Å²) >= 11 is 0. The van der Waals surface area contributed by atoms with E-state index < -0.39 is 5.91 Å². The van der Waals surface area contributed by atoms with E-state index in [-0.39, 0.29) is 5.75 Å². The number of phenolic OH excluding ortho intramolecular Hbond substituents is 1. The van der Waals surface area contributed by atoms with Gasteiger partial charge in [0.1, 0.15) is 17.2 Å². The lowest BCUT2D eigenvalue weighted by Crippen LogP contribution is -2.18. The molecule has 0 aliphatic rings. The fraction of sp³-hybridized carbons (Fsp3) is 0.125. The zero-order valence-electron chi connectivity index (χ0n) is 12.2. The molecule has 6 heteroatoms. The van der Waals surface area contributed by atoms with Crippen LogP contribution in [0.25, 0.3) is 0 Å². The van der Waals surface area contributed by atoms with Gasteiger partial charge in [-0.05, 0) is 42.0 Å². The Balaban J connectivity index is 2.07. The highest BCUT2D eigenvalue weighted by atomic mass is 16.5. The lowest BCUT2D eigenvalue weighted by atomic mass is 10.2. The van der Waals surface area contributed by atoms with Crippen LogP contribution in [0.3, 0.4) is 0 Å². The molecule has 0 aromatic heterocycles. The molecule has 0 bridgehead atoms. The molecule has 0 unspecified atom stereocenters. The number of phenols is 1. The first kappa shape index (κ1) is 15.4. The summed E-state index contributed by atoms with van der Waals surface area (Å²) in [5.74, 6) is 0.774. The Morgan fingerprint density at radius 2 is 1.86 bits per heavy atom. The minimum absolute atomic E-state index is 0.171. The molecule has 2 N–H and O–H groups in total. The van der Waals surface area contributed by atoms with E-state index in [9.17, 15) is 9.90 Å². The number of carbonyl (C=O) groups is 1. The third kappa shape index (κ3) is 3.76. The smallest absolute Gasteiger partial charge is 0.275 e. The van der Waals surface area contributed by atoms with E-state index in [0.29, 0.717) is 17.1 Å². The van der Waals surface area contributed by atoms with E-state index >= 15 is 0 Å². The van der Waals surface area contributed by atoms with Crippen molar-refractivity contribution in [3.05, 3.63) is 53.6 Å². The molecular weight excluding hydrogens is 284 g/mol. The van der Waals surface area contributed by atoms with Gasteiger partial charge in [-0.25, -0.2) is 5.43 Å². The third-order valence-electron chi connectivity index (χ3n) is 2.93. The highest BCUT2D eigenvalue weighted by Gasteiger charge is 2.12. The molecule has 0 heterocycles. The fourth-order valence-electron chi connectivity index (χ4n) is 1.77. The van der Waals surface area contributed by atoms with E-state index in [2.05, 4.69) is 10.5 Å². The molecule has 2 aromatic carbocycles. The Bertz CT molecular complexity index is 681. The molecule has 0 spiro atoms. The van der Waals surface area contributed by atoms with E-state index in [0.717, 1.165) is 5.56 Å². The normalized spacial score (nSPS) is 10.5. The summed E-state index contributed by atoms with van der Waals surface area (Å²) in [5.41, 5.74) is 3.52. The number of ether oxygens (including phenoxy) is 2. The van der Waals surface area contributed by atoms with Crippen molar-refractivity contribution in [2.24, 2.45) is 5.10 Å². The van der Waals surface area contributed by atoms with Crippen LogP contribution in [-0.2, 0) is 0 Å². The molecule has 2 aromatic rings. The average Bonchev–Trinajstić information content (AvgIpc) is 2.55. The largest absolute Gasteiger partial charge is 0.508 e. The van der Waals surface area contributed by atoms with Crippen molar-refractivity contribution in [1.29, 1.82) is 0 Å². The second-order valence-electron chi connectivity index (χ2n) is 4.36. The first-order valence-corrected chi connectivity index (χ1v) is 6.48. The molecule has 0 saturated carbocycles. The SMILES string of the molecule is COc1ccc(C(=O)NN=Cc2ccc(O)cc2)c(OC)c1. The van der Waals surface area contributed by atoms with Crippen LogP contribution in [0.15, 0.2) is 47.6 Å². The number of aromatic hydroxyl groups is 1. The molecular formula is C16H16N2O4. The molecule has 0 radical (unpaired) electrons. The summed E-state index contributed by atoms with van der Waals surface area (Å²) in [6.07, 6.45) is 1.48. The van der Waals surface area contributed by atoms with Gasteiger partial charge in [-0.3, -0.25) is 4.79 Å². The number of amides is 1. The zero-order chi connectivity index (χ0) is 15.9. The molecule has 6 nitrogen and oxygen atoms in total. The summed E-state index contributed by atoms with van der Waals surface area (Å²) in [5, 5.41) is 13.1. The molecule has 0 fully saturated rings. The van der Waals surface area contributed by atoms with E-state index in [1.807, 2.05) is 0 Å². The second kappa shape index (κ2) is 7.12. The van der Waals surface area contributed by atoms with Gasteiger partial charge in [0.25, 0.3) is 5.91 Å². The maximum atomic E-state index is 12.1. The highest BCUT2D eigenvalue weighted by Crippen LogP contribution is 2.24. The van der Waals surface area contributed by atoms with Crippen LogP contribution in [0.2, 0.25) is 0 Å². The zero-order valence-corrected chi connectivity index (χ0v) is 12.2. The quantitative estimate of drug-likeness (QED) is 0.655. The maximum absolute atomic E-state index is 12.1. The predicted molar refractivity (Wildman–Crippen MR) is 82.7 cm³/mol. The first-order chi connectivity index (χ1) is 10.6. The number of nitrogens with one attached hydrogen (secondary N) is 1. The lowest BCUT2D eigenvalue weighted by molar-refractivity contribution is 0.0952. The summed E-state index contributed by atoms with van der Waals surface area (Å²) in [7, 11) is 3.02. The Kier molecular flexibility index (Phi) is 4.98. The van der Waals surface area contributed by atoms with Gasteiger partial charge in [0.2, 0.25) is 0 Å². The molecule has 0 aliphatic heterocycles. The molecule has 0 aliphatic carbocycles. The highest BCUT2D eigenvalue weighted by molar-refractivity contribution is 5.97. The average molecular weight is 300 g/mol. The molecule has 0 atom stereocenters. The Labute approximate surface area is 128 Å². The molecule has 0 saturated heterocycles. The van der Waals surface area contributed by atoms with Gasteiger partial charge in [0.15, 0.2) is 0 Å². The fourth-order valence-corrected chi connectivity index (χ4v) is 1.77. The number of rotatable bonds is 5. The van der Waals surface area contributed by atoms with Crippen molar-refractivity contribution in [2.45, 2.75) is 0 Å². The van der Waals surface area contributed by atoms with Gasteiger partial charge in [-0.2, -0.15) is 5.10 Å². The second-order valence-corrected chi connectivity index (χ2v) is 4.36. The van der Waals surface area contributed by atoms with Gasteiger partial charge in [-0.1, -0.05) is 0 Å². The standard InChI is InChI=1S/C16H16N2O4/c1-21-13-7-8-14(15(9-13)22-2)16(20)18-17-10-11-3-5-12(19)6-4-11/h3-10,19H,1-2H3,(H,18,20). The van der Waals surface area contributed by atoms with Gasteiger partial charge < -0.3 is 14.6 Å². The van der Waals surface area contributed by atoms with Crippen molar-refractivity contribution in [2.75, 3.05) is 14.2 Å². The summed E-state index contributed by atoms with van der Waals surface area (Å²) in [4.78, 5) is 12.1. The van der Waals surface area contributed by atoms with E-state index in [1.165, 1.54) is 32.6 Å². The van der Waals surface area contributed by atoms with Crippen molar-refractivity contribution in [1.82, 2.24) is 5.43 Å². The number of nitrogens with zero attached hydrogens (tertiary/aromatic N) is 1. The summed E-state index contributed by atoms with van der Waals surface area (Å²) in [6, 6.07) is 11.3. The number of hydrogen-bond acceptors (Lipinski definition) is 5. The number of hydrogen-bond donors (Lipinski definition) is 2. The van der Waals surface area contributed by atoms with Crippen LogP contribution in [0.5, 0.6) is 17.2 Å². The minimum atomic E-state index is -0.394. The number of benzene rings is 2. The minimum Gasteiger partial charge on any atom is -0.508 e. The number of carbonyl (C=O) groups excluding carboxylic acids is 1. The molecule has 22 heavy (non-hydrogen) atoms. The molecule has 2 rings (SSSR count). The van der Waals surface area contributed by atoms with Crippen LogP contribution in [0, 0.1) is 0 Å². The topological polar surface area (TPSA) is 80.2 Å². The Morgan fingerprint density at radius 1 is 1.14 bits per heavy atom. The molecule has 114 valence electrons. The Hall–Kier alpha value is -3.02. The monoisotopic (exact) mass is 300 g/mol. The van der Waals surface area contributed by atoms with Gasteiger partial charge in [0, 0.05) is 6.07 Å². The van der Waals surface area contributed by atoms with E-state index in [4.69, 9.17) is 9.47 Å². The maximum Gasteiger partial charge on any atom is 0.275 e. The van der Waals surface area contributed by atoms with Crippen molar-refractivity contribution < 1.29 is 19.4 Å². The van der Waals surface area contributed by atoms with Crippen LogP contribution < -0.4 is 14.9 Å². The van der Waals surface area contributed by atoms with Crippen LogP contribution in [0.1, 0.15) is 15.9 Å². The Morgan fingerprint density at radius 3 is 2.50 bits per heavy atom. The predicted octanol–water partition coefficient (Wildman–Crippen LogP) is 2.17. The third-order valence-corrected chi connectivity index (χ3v) is 2.93. The van der Waals surface area contributed by atoms with E-state index in [1.54, 1.807) is 30.3 Å². The number of hydrazone groups is 1. The van der Waals surface area contributed by atoms with Crippen LogP contribution >= 0.6 is 0 Å². The summed E-state index contributed by atoms with van der Waals surface area (Å²) in [6.45, 7) is 0. The van der Waals surface area contributed by atoms with Gasteiger partial charge in [-0.15, -0.1) is 0 Å². The summed E-state index contributed by atoms with van der Waals surface area (Å²) < 4.78 is 10.2. The van der Waals surface area contributed by atoms with Crippen molar-refractivity contribution >= 4 is 12.1 Å². The van der Waals surface area contributed by atoms with Crippen molar-refractivity contribution in [3.63, 3.8) is 0 Å². The van der Waals surface area contributed by atoms with Gasteiger partial charge >= 0.3 is 0 Å². The number of methoxy groups -OCH3 is 2.